The van der Waals surface area contributed by atoms with Gasteiger partial charge >= 0.3 is 0 Å². The number of rotatable bonds is 7. The summed E-state index contributed by atoms with van der Waals surface area (Å²) in [7, 11) is 4.76. The predicted molar refractivity (Wildman–Crippen MR) is 102 cm³/mol. The van der Waals surface area contributed by atoms with E-state index in [9.17, 15) is 0 Å². The molecule has 0 radical (unpaired) electrons. The van der Waals surface area contributed by atoms with Crippen LogP contribution in [0, 0.1) is 0 Å². The van der Waals surface area contributed by atoms with Crippen molar-refractivity contribution in [2.45, 2.75) is 0 Å². The SMILES string of the molecule is COc1ccc(Oc2ncnc(Nc3ccc(OC)cc3OC)c2N)cc1. The van der Waals surface area contributed by atoms with E-state index in [-0.39, 0.29) is 11.6 Å². The van der Waals surface area contributed by atoms with Gasteiger partial charge in [0.2, 0.25) is 5.88 Å². The van der Waals surface area contributed by atoms with Crippen LogP contribution in [-0.2, 0) is 0 Å². The molecule has 3 aromatic rings. The van der Waals surface area contributed by atoms with Crippen LogP contribution in [0.25, 0.3) is 0 Å². The summed E-state index contributed by atoms with van der Waals surface area (Å²) in [5.41, 5.74) is 7.13. The normalized spacial score (nSPS) is 10.2. The Kier molecular flexibility index (Phi) is 5.46. The van der Waals surface area contributed by atoms with Crippen molar-refractivity contribution >= 4 is 17.2 Å². The van der Waals surface area contributed by atoms with Crippen LogP contribution in [0.1, 0.15) is 0 Å². The Bertz CT molecular complexity index is 916. The Labute approximate surface area is 156 Å². The minimum absolute atomic E-state index is 0.241. The lowest BCUT2D eigenvalue weighted by Crippen LogP contribution is -2.04. The molecule has 1 heterocycles. The smallest absolute Gasteiger partial charge is 0.248 e. The van der Waals surface area contributed by atoms with Gasteiger partial charge in [0.25, 0.3) is 0 Å². The fourth-order valence-electron chi connectivity index (χ4n) is 2.35. The molecule has 27 heavy (non-hydrogen) atoms. The molecular weight excluding hydrogens is 348 g/mol. The van der Waals surface area contributed by atoms with Crippen molar-refractivity contribution in [3.8, 4) is 28.9 Å². The molecule has 0 aliphatic carbocycles. The second-order valence-electron chi connectivity index (χ2n) is 5.41. The van der Waals surface area contributed by atoms with E-state index >= 15 is 0 Å². The minimum Gasteiger partial charge on any atom is -0.497 e. The van der Waals surface area contributed by atoms with Gasteiger partial charge in [-0.3, -0.25) is 0 Å². The Morgan fingerprint density at radius 1 is 0.815 bits per heavy atom. The van der Waals surface area contributed by atoms with Crippen LogP contribution in [0.5, 0.6) is 28.9 Å². The number of nitrogens with two attached hydrogens (primary N) is 1. The van der Waals surface area contributed by atoms with E-state index in [4.69, 9.17) is 24.7 Å². The highest BCUT2D eigenvalue weighted by Crippen LogP contribution is 2.35. The summed E-state index contributed by atoms with van der Waals surface area (Å²) in [5.74, 6) is 3.21. The zero-order chi connectivity index (χ0) is 19.2. The molecule has 0 amide bonds. The first-order valence-corrected chi connectivity index (χ1v) is 8.06. The molecule has 0 saturated carbocycles. The van der Waals surface area contributed by atoms with E-state index in [0.717, 1.165) is 5.75 Å². The fourth-order valence-corrected chi connectivity index (χ4v) is 2.35. The molecule has 0 fully saturated rings. The number of hydrogen-bond donors (Lipinski definition) is 2. The topological polar surface area (TPSA) is 101 Å². The molecule has 3 N–H and O–H groups in total. The van der Waals surface area contributed by atoms with Crippen LogP contribution < -0.4 is 30.0 Å². The van der Waals surface area contributed by atoms with E-state index in [1.807, 2.05) is 6.07 Å². The Balaban J connectivity index is 1.84. The van der Waals surface area contributed by atoms with Gasteiger partial charge in [0, 0.05) is 6.07 Å². The first-order chi connectivity index (χ1) is 13.1. The van der Waals surface area contributed by atoms with Gasteiger partial charge in [0.15, 0.2) is 5.82 Å². The average Bonchev–Trinajstić information content (AvgIpc) is 2.71. The quantitative estimate of drug-likeness (QED) is 0.652. The van der Waals surface area contributed by atoms with Gasteiger partial charge in [-0.1, -0.05) is 0 Å². The molecular formula is C19H20N4O4. The molecule has 0 aliphatic rings. The van der Waals surface area contributed by atoms with Gasteiger partial charge in [-0.15, -0.1) is 0 Å². The maximum Gasteiger partial charge on any atom is 0.248 e. The van der Waals surface area contributed by atoms with Crippen molar-refractivity contribution in [1.29, 1.82) is 0 Å². The number of hydrogen-bond acceptors (Lipinski definition) is 8. The number of anilines is 3. The van der Waals surface area contributed by atoms with Crippen LogP contribution in [0.3, 0.4) is 0 Å². The molecule has 0 saturated heterocycles. The van der Waals surface area contributed by atoms with Crippen LogP contribution in [0.15, 0.2) is 48.8 Å². The van der Waals surface area contributed by atoms with Crippen molar-refractivity contribution in [2.75, 3.05) is 32.4 Å². The number of aromatic nitrogens is 2. The van der Waals surface area contributed by atoms with Crippen LogP contribution in [0.4, 0.5) is 17.2 Å². The average molecular weight is 368 g/mol. The number of ether oxygens (including phenoxy) is 4. The number of methoxy groups -OCH3 is 3. The van der Waals surface area contributed by atoms with Crippen LogP contribution in [-0.4, -0.2) is 31.3 Å². The van der Waals surface area contributed by atoms with Crippen molar-refractivity contribution in [1.82, 2.24) is 9.97 Å². The van der Waals surface area contributed by atoms with Crippen LogP contribution >= 0.6 is 0 Å². The highest BCUT2D eigenvalue weighted by Gasteiger charge is 2.13. The predicted octanol–water partition coefficient (Wildman–Crippen LogP) is 3.62. The lowest BCUT2D eigenvalue weighted by atomic mass is 10.2. The van der Waals surface area contributed by atoms with Crippen molar-refractivity contribution in [3.05, 3.63) is 48.8 Å². The highest BCUT2D eigenvalue weighted by molar-refractivity contribution is 5.75. The van der Waals surface area contributed by atoms with Crippen molar-refractivity contribution < 1.29 is 18.9 Å². The third-order valence-corrected chi connectivity index (χ3v) is 3.78. The van der Waals surface area contributed by atoms with E-state index in [0.29, 0.717) is 28.8 Å². The van der Waals surface area contributed by atoms with Crippen LogP contribution in [0.2, 0.25) is 0 Å². The Hall–Kier alpha value is -3.68. The molecule has 3 rings (SSSR count). The molecule has 0 unspecified atom stereocenters. The standard InChI is InChI=1S/C19H20N4O4/c1-24-12-4-6-13(7-5-12)27-19-17(20)18(21-11-22-19)23-15-9-8-14(25-2)10-16(15)26-3/h4-11H,20H2,1-3H3,(H,21,22,23). The molecule has 0 bridgehead atoms. The summed E-state index contributed by atoms with van der Waals surface area (Å²) in [5, 5.41) is 3.13. The third-order valence-electron chi connectivity index (χ3n) is 3.78. The summed E-state index contributed by atoms with van der Waals surface area (Å²) < 4.78 is 21.5. The molecule has 140 valence electrons. The Morgan fingerprint density at radius 2 is 1.48 bits per heavy atom. The van der Waals surface area contributed by atoms with Gasteiger partial charge < -0.3 is 30.0 Å². The second kappa shape index (κ2) is 8.13. The third kappa shape index (κ3) is 4.12. The van der Waals surface area contributed by atoms with Gasteiger partial charge in [-0.25, -0.2) is 4.98 Å². The van der Waals surface area contributed by atoms with E-state index in [2.05, 4.69) is 15.3 Å². The lowest BCUT2D eigenvalue weighted by Gasteiger charge is -2.14. The number of nitrogen functional groups attached to an aromatic ring is 1. The Morgan fingerprint density at radius 3 is 2.15 bits per heavy atom. The molecule has 0 aliphatic heterocycles. The van der Waals surface area contributed by atoms with Crippen molar-refractivity contribution in [2.24, 2.45) is 0 Å². The minimum atomic E-state index is 0.241. The maximum absolute atomic E-state index is 6.18. The fraction of sp³-hybridized carbons (Fsp3) is 0.158. The first-order valence-electron chi connectivity index (χ1n) is 8.06. The number of nitrogens with one attached hydrogen (secondary N) is 1. The number of benzene rings is 2. The van der Waals surface area contributed by atoms with Gasteiger partial charge in [-0.2, -0.15) is 4.98 Å². The summed E-state index contributed by atoms with van der Waals surface area (Å²) in [6, 6.07) is 12.5. The molecule has 0 spiro atoms. The van der Waals surface area contributed by atoms with Gasteiger partial charge in [-0.05, 0) is 36.4 Å². The van der Waals surface area contributed by atoms with Crippen molar-refractivity contribution in [3.63, 3.8) is 0 Å². The summed E-state index contributed by atoms with van der Waals surface area (Å²) >= 11 is 0. The monoisotopic (exact) mass is 368 g/mol. The van der Waals surface area contributed by atoms with E-state index in [1.165, 1.54) is 6.33 Å². The molecule has 8 heteroatoms. The maximum atomic E-state index is 6.18. The molecule has 2 aromatic carbocycles. The lowest BCUT2D eigenvalue weighted by molar-refractivity contribution is 0.395. The van der Waals surface area contributed by atoms with E-state index < -0.39 is 0 Å². The number of nitrogens with zero attached hydrogens (tertiary/aromatic N) is 2. The largest absolute Gasteiger partial charge is 0.497 e. The molecule has 8 nitrogen and oxygen atoms in total. The zero-order valence-electron chi connectivity index (χ0n) is 15.2. The second-order valence-corrected chi connectivity index (χ2v) is 5.41. The summed E-state index contributed by atoms with van der Waals surface area (Å²) in [6.07, 6.45) is 1.37. The molecule has 0 atom stereocenters. The van der Waals surface area contributed by atoms with E-state index in [1.54, 1.807) is 57.7 Å². The van der Waals surface area contributed by atoms with Gasteiger partial charge in [0.05, 0.1) is 27.0 Å². The zero-order valence-corrected chi connectivity index (χ0v) is 15.2. The first kappa shape index (κ1) is 18.1. The highest BCUT2D eigenvalue weighted by atomic mass is 16.5. The summed E-state index contributed by atoms with van der Waals surface area (Å²) in [4.78, 5) is 8.29. The van der Waals surface area contributed by atoms with Gasteiger partial charge in [0.1, 0.15) is 35.0 Å². The summed E-state index contributed by atoms with van der Waals surface area (Å²) in [6.45, 7) is 0. The molecule has 1 aromatic heterocycles.